The van der Waals surface area contributed by atoms with Crippen LogP contribution >= 0.6 is 11.8 Å². The van der Waals surface area contributed by atoms with E-state index in [-0.39, 0.29) is 5.25 Å². The average molecular weight is 272 g/mol. The third-order valence-electron chi connectivity index (χ3n) is 2.55. The van der Waals surface area contributed by atoms with E-state index >= 15 is 0 Å². The molecule has 0 saturated carbocycles. The number of thioether (sulfide) groups is 1. The van der Waals surface area contributed by atoms with Gasteiger partial charge in [0.2, 0.25) is 0 Å². The minimum Gasteiger partial charge on any atom is -0.383 e. The number of benzene rings is 1. The normalized spacial score (nSPS) is 12.0. The fraction of sp³-hybridized carbons (Fsp3) is 0.143. The molecule has 19 heavy (non-hydrogen) atoms. The van der Waals surface area contributed by atoms with Gasteiger partial charge in [0.15, 0.2) is 5.16 Å². The molecule has 1 heterocycles. The molecule has 4 nitrogen and oxygen atoms in total. The van der Waals surface area contributed by atoms with Crippen molar-refractivity contribution in [3.05, 3.63) is 54.6 Å². The number of aromatic nitrogens is 2. The van der Waals surface area contributed by atoms with Crippen LogP contribution in [0.4, 0.5) is 11.6 Å². The van der Waals surface area contributed by atoms with E-state index in [0.29, 0.717) is 16.8 Å². The Labute approximate surface area is 117 Å². The number of rotatable bonds is 5. The number of nitrogens with zero attached hydrogens (tertiary/aromatic N) is 2. The monoisotopic (exact) mass is 272 g/mol. The van der Waals surface area contributed by atoms with Gasteiger partial charge in [-0.05, 0) is 12.0 Å². The molecule has 5 heteroatoms. The highest BCUT2D eigenvalue weighted by Gasteiger charge is 2.14. The van der Waals surface area contributed by atoms with Gasteiger partial charge in [-0.25, -0.2) is 9.97 Å². The highest BCUT2D eigenvalue weighted by Crippen LogP contribution is 2.36. The van der Waals surface area contributed by atoms with Gasteiger partial charge in [-0.2, -0.15) is 0 Å². The molecule has 0 aliphatic carbocycles. The lowest BCUT2D eigenvalue weighted by molar-refractivity contribution is 0.930. The van der Waals surface area contributed by atoms with Gasteiger partial charge in [-0.15, -0.1) is 6.58 Å². The zero-order valence-corrected chi connectivity index (χ0v) is 11.3. The molecular weight excluding hydrogens is 256 g/mol. The van der Waals surface area contributed by atoms with Crippen molar-refractivity contribution in [1.82, 2.24) is 9.97 Å². The highest BCUT2D eigenvalue weighted by atomic mass is 32.2. The second-order valence-corrected chi connectivity index (χ2v) is 5.21. The van der Waals surface area contributed by atoms with Crippen LogP contribution in [0, 0.1) is 0 Å². The van der Waals surface area contributed by atoms with Gasteiger partial charge < -0.3 is 11.5 Å². The Kier molecular flexibility index (Phi) is 4.41. The maximum atomic E-state index is 5.68. The molecule has 2 rings (SSSR count). The van der Waals surface area contributed by atoms with Crippen LogP contribution in [0.5, 0.6) is 0 Å². The number of hydrogen-bond donors (Lipinski definition) is 2. The third-order valence-corrected chi connectivity index (χ3v) is 3.69. The molecule has 0 saturated heterocycles. The van der Waals surface area contributed by atoms with E-state index in [2.05, 4.69) is 28.7 Å². The first-order chi connectivity index (χ1) is 9.19. The lowest BCUT2D eigenvalue weighted by Crippen LogP contribution is -2.01. The van der Waals surface area contributed by atoms with Crippen LogP contribution in [0.2, 0.25) is 0 Å². The molecule has 0 bridgehead atoms. The molecule has 0 radical (unpaired) electrons. The van der Waals surface area contributed by atoms with Crippen LogP contribution in [0.15, 0.2) is 54.2 Å². The van der Waals surface area contributed by atoms with Gasteiger partial charge in [0.25, 0.3) is 0 Å². The van der Waals surface area contributed by atoms with E-state index in [0.717, 1.165) is 6.42 Å². The van der Waals surface area contributed by atoms with Gasteiger partial charge in [0, 0.05) is 11.3 Å². The topological polar surface area (TPSA) is 77.8 Å². The highest BCUT2D eigenvalue weighted by molar-refractivity contribution is 7.99. The molecule has 4 N–H and O–H groups in total. The molecule has 1 atom stereocenters. The van der Waals surface area contributed by atoms with Crippen molar-refractivity contribution in [2.75, 3.05) is 11.5 Å². The van der Waals surface area contributed by atoms with Gasteiger partial charge in [0.1, 0.15) is 11.6 Å². The zero-order valence-electron chi connectivity index (χ0n) is 10.5. The van der Waals surface area contributed by atoms with E-state index in [9.17, 15) is 0 Å². The predicted octanol–water partition coefficient (Wildman–Crippen LogP) is 3.05. The Bertz CT molecular complexity index is 536. The maximum absolute atomic E-state index is 5.68. The SMILES string of the molecule is C=CCC(Sc1nc(N)cc(N)n1)c1ccccc1. The summed E-state index contributed by atoms with van der Waals surface area (Å²) in [5.41, 5.74) is 12.6. The number of allylic oxidation sites excluding steroid dienone is 1. The Morgan fingerprint density at radius 1 is 1.16 bits per heavy atom. The predicted molar refractivity (Wildman–Crippen MR) is 80.7 cm³/mol. The molecule has 0 aliphatic rings. The molecule has 0 aliphatic heterocycles. The van der Waals surface area contributed by atoms with Gasteiger partial charge in [-0.1, -0.05) is 48.2 Å². The fourth-order valence-corrected chi connectivity index (χ4v) is 2.81. The van der Waals surface area contributed by atoms with E-state index in [1.54, 1.807) is 17.8 Å². The number of nitrogen functional groups attached to an aromatic ring is 2. The van der Waals surface area contributed by atoms with E-state index in [1.165, 1.54) is 5.56 Å². The van der Waals surface area contributed by atoms with Crippen molar-refractivity contribution in [2.45, 2.75) is 16.8 Å². The van der Waals surface area contributed by atoms with Crippen LogP contribution in [0.25, 0.3) is 0 Å². The van der Waals surface area contributed by atoms with Crippen LogP contribution in [0.3, 0.4) is 0 Å². The molecule has 2 aromatic rings. The van der Waals surface area contributed by atoms with Crippen molar-refractivity contribution >= 4 is 23.4 Å². The molecule has 1 unspecified atom stereocenters. The Morgan fingerprint density at radius 3 is 2.37 bits per heavy atom. The standard InChI is InChI=1S/C14H16N4S/c1-2-6-11(10-7-4-3-5-8-10)19-14-17-12(15)9-13(16)18-14/h2-5,7-9,11H,1,6H2,(H4,15,16,17,18). The lowest BCUT2D eigenvalue weighted by atomic mass is 10.1. The van der Waals surface area contributed by atoms with Crippen molar-refractivity contribution in [2.24, 2.45) is 0 Å². The summed E-state index contributed by atoms with van der Waals surface area (Å²) >= 11 is 1.54. The summed E-state index contributed by atoms with van der Waals surface area (Å²) in [6.07, 6.45) is 2.72. The van der Waals surface area contributed by atoms with Crippen LogP contribution in [0.1, 0.15) is 17.2 Å². The Hall–Kier alpha value is -2.01. The second kappa shape index (κ2) is 6.24. The van der Waals surface area contributed by atoms with E-state index in [1.807, 2.05) is 24.3 Å². The van der Waals surface area contributed by atoms with Crippen molar-refractivity contribution in [1.29, 1.82) is 0 Å². The lowest BCUT2D eigenvalue weighted by Gasteiger charge is -2.14. The minimum absolute atomic E-state index is 0.208. The quantitative estimate of drug-likeness (QED) is 0.497. The van der Waals surface area contributed by atoms with Crippen molar-refractivity contribution in [3.63, 3.8) is 0 Å². The number of hydrogen-bond acceptors (Lipinski definition) is 5. The number of nitrogens with two attached hydrogens (primary N) is 2. The summed E-state index contributed by atoms with van der Waals surface area (Å²) < 4.78 is 0. The zero-order chi connectivity index (χ0) is 13.7. The molecule has 1 aromatic heterocycles. The maximum Gasteiger partial charge on any atom is 0.192 e. The summed E-state index contributed by atoms with van der Waals surface area (Å²) in [4.78, 5) is 8.39. The molecule has 0 amide bonds. The summed E-state index contributed by atoms with van der Waals surface area (Å²) in [6.45, 7) is 3.80. The Balaban J connectivity index is 2.23. The summed E-state index contributed by atoms with van der Waals surface area (Å²) in [7, 11) is 0. The smallest absolute Gasteiger partial charge is 0.192 e. The first-order valence-corrected chi connectivity index (χ1v) is 6.79. The third kappa shape index (κ3) is 3.72. The van der Waals surface area contributed by atoms with Crippen LogP contribution < -0.4 is 11.5 Å². The largest absolute Gasteiger partial charge is 0.383 e. The van der Waals surface area contributed by atoms with E-state index in [4.69, 9.17) is 11.5 Å². The van der Waals surface area contributed by atoms with Crippen LogP contribution in [-0.2, 0) is 0 Å². The summed E-state index contributed by atoms with van der Waals surface area (Å²) in [5, 5.41) is 0.799. The molecule has 0 spiro atoms. The van der Waals surface area contributed by atoms with Gasteiger partial charge in [-0.3, -0.25) is 0 Å². The van der Waals surface area contributed by atoms with E-state index < -0.39 is 0 Å². The molecule has 98 valence electrons. The molecule has 0 fully saturated rings. The van der Waals surface area contributed by atoms with Crippen LogP contribution in [-0.4, -0.2) is 9.97 Å². The van der Waals surface area contributed by atoms with Crippen molar-refractivity contribution < 1.29 is 0 Å². The first-order valence-electron chi connectivity index (χ1n) is 5.91. The second-order valence-electron chi connectivity index (χ2n) is 4.04. The Morgan fingerprint density at radius 2 is 1.79 bits per heavy atom. The van der Waals surface area contributed by atoms with Gasteiger partial charge in [0.05, 0.1) is 0 Å². The molecule has 1 aromatic carbocycles. The van der Waals surface area contributed by atoms with Gasteiger partial charge >= 0.3 is 0 Å². The first kappa shape index (κ1) is 13.4. The summed E-state index contributed by atoms with van der Waals surface area (Å²) in [5.74, 6) is 0.779. The molecular formula is C14H16N4S. The average Bonchev–Trinajstić information content (AvgIpc) is 2.38. The minimum atomic E-state index is 0.208. The van der Waals surface area contributed by atoms with Crippen molar-refractivity contribution in [3.8, 4) is 0 Å². The number of anilines is 2. The fourth-order valence-electron chi connectivity index (χ4n) is 1.71. The summed E-state index contributed by atoms with van der Waals surface area (Å²) in [6, 6.07) is 11.7.